The van der Waals surface area contributed by atoms with Crippen molar-refractivity contribution in [3.8, 4) is 0 Å². The van der Waals surface area contributed by atoms with E-state index in [1.165, 1.54) is 4.90 Å². The van der Waals surface area contributed by atoms with Gasteiger partial charge in [0.05, 0.1) is 18.5 Å². The fraction of sp³-hybridized carbons (Fsp3) is 0.846. The number of halogens is 2. The number of hydrogen-bond acceptors (Lipinski definition) is 2. The second-order valence-corrected chi connectivity index (χ2v) is 6.38. The molecule has 1 heterocycles. The Morgan fingerprint density at radius 2 is 1.32 bits per heavy atom. The van der Waals surface area contributed by atoms with E-state index >= 15 is 0 Å². The zero-order chi connectivity index (χ0) is 13.9. The molecule has 1 saturated heterocycles. The molecule has 4 rings (SSSR count). The van der Waals surface area contributed by atoms with E-state index in [4.69, 9.17) is 0 Å². The van der Waals surface area contributed by atoms with Gasteiger partial charge < -0.3 is 10.0 Å². The number of aliphatic carboxylic acids is 1. The fourth-order valence-electron chi connectivity index (χ4n) is 3.82. The lowest BCUT2D eigenvalue weighted by Crippen LogP contribution is -2.63. The van der Waals surface area contributed by atoms with Crippen LogP contribution in [0.5, 0.6) is 0 Å². The lowest BCUT2D eigenvalue weighted by molar-refractivity contribution is -0.186. The molecule has 0 radical (unpaired) electrons. The Morgan fingerprint density at radius 3 is 1.68 bits per heavy atom. The van der Waals surface area contributed by atoms with E-state index in [1.807, 2.05) is 0 Å². The number of rotatable bonds is 2. The van der Waals surface area contributed by atoms with Gasteiger partial charge in [-0.1, -0.05) is 0 Å². The molecule has 0 spiro atoms. The van der Waals surface area contributed by atoms with Gasteiger partial charge in [0.1, 0.15) is 0 Å². The van der Waals surface area contributed by atoms with Crippen LogP contribution in [0.1, 0.15) is 38.5 Å². The molecule has 1 N–H and O–H groups in total. The van der Waals surface area contributed by atoms with Crippen molar-refractivity contribution >= 4 is 11.9 Å². The average Bonchev–Trinajstić information content (AvgIpc) is 2.37. The van der Waals surface area contributed by atoms with Gasteiger partial charge in [-0.3, -0.25) is 9.59 Å². The van der Waals surface area contributed by atoms with Crippen LogP contribution in [0, 0.1) is 10.8 Å². The Kier molecular flexibility index (Phi) is 2.48. The van der Waals surface area contributed by atoms with Crippen molar-refractivity contribution in [2.24, 2.45) is 10.8 Å². The van der Waals surface area contributed by atoms with Gasteiger partial charge >= 0.3 is 5.97 Å². The summed E-state index contributed by atoms with van der Waals surface area (Å²) in [5.41, 5.74) is -1.23. The third-order valence-electron chi connectivity index (χ3n) is 5.29. The number of carbonyl (C=O) groups is 2. The highest BCUT2D eigenvalue weighted by molar-refractivity contribution is 5.85. The zero-order valence-corrected chi connectivity index (χ0v) is 10.6. The summed E-state index contributed by atoms with van der Waals surface area (Å²) < 4.78 is 25.7. The van der Waals surface area contributed by atoms with Gasteiger partial charge in [-0.25, -0.2) is 8.78 Å². The van der Waals surface area contributed by atoms with E-state index in [0.29, 0.717) is 38.5 Å². The van der Waals surface area contributed by atoms with Gasteiger partial charge in [0.25, 0.3) is 5.92 Å². The summed E-state index contributed by atoms with van der Waals surface area (Å²) in [5, 5.41) is 9.28. The quantitative estimate of drug-likeness (QED) is 0.836. The van der Waals surface area contributed by atoms with E-state index in [-0.39, 0.29) is 5.91 Å². The van der Waals surface area contributed by atoms with Crippen molar-refractivity contribution in [1.82, 2.24) is 4.90 Å². The largest absolute Gasteiger partial charge is 0.481 e. The van der Waals surface area contributed by atoms with Crippen LogP contribution in [0.2, 0.25) is 0 Å². The van der Waals surface area contributed by atoms with Crippen molar-refractivity contribution in [2.75, 3.05) is 13.1 Å². The third-order valence-corrected chi connectivity index (χ3v) is 5.29. The summed E-state index contributed by atoms with van der Waals surface area (Å²) in [4.78, 5) is 24.9. The summed E-state index contributed by atoms with van der Waals surface area (Å²) in [5.74, 6) is -3.69. The fourth-order valence-corrected chi connectivity index (χ4v) is 3.82. The molecular weight excluding hydrogens is 256 g/mol. The summed E-state index contributed by atoms with van der Waals surface area (Å²) in [6, 6.07) is 0. The van der Waals surface area contributed by atoms with E-state index < -0.39 is 35.8 Å². The topological polar surface area (TPSA) is 57.6 Å². The molecular formula is C13H17F2NO3. The highest BCUT2D eigenvalue weighted by Crippen LogP contribution is 2.58. The highest BCUT2D eigenvalue weighted by Gasteiger charge is 2.59. The van der Waals surface area contributed by atoms with Gasteiger partial charge in [0, 0.05) is 5.41 Å². The van der Waals surface area contributed by atoms with Crippen LogP contribution < -0.4 is 0 Å². The van der Waals surface area contributed by atoms with Gasteiger partial charge in [0.2, 0.25) is 5.91 Å². The number of fused-ring (bicyclic) bond motifs is 3. The molecule has 1 aliphatic heterocycles. The van der Waals surface area contributed by atoms with E-state index in [1.54, 1.807) is 0 Å². The molecule has 106 valence electrons. The number of carbonyl (C=O) groups excluding carboxylic acids is 1. The first-order valence-corrected chi connectivity index (χ1v) is 6.69. The second kappa shape index (κ2) is 3.67. The minimum Gasteiger partial charge on any atom is -0.481 e. The average molecular weight is 273 g/mol. The Labute approximate surface area is 109 Å². The Hall–Kier alpha value is -1.20. The first-order chi connectivity index (χ1) is 8.79. The number of likely N-dealkylation sites (tertiary alicyclic amines) is 1. The number of hydrogen-bond donors (Lipinski definition) is 1. The normalized spacial score (nSPS) is 39.8. The van der Waals surface area contributed by atoms with Crippen LogP contribution in [-0.4, -0.2) is 40.9 Å². The molecule has 0 unspecified atom stereocenters. The molecule has 0 aromatic carbocycles. The standard InChI is InChI=1S/C13H17F2NO3/c14-13(15)7-16(8-13)9(17)11-1-4-12(5-2-11,6-3-11)10(18)19/h1-8H2,(H,18,19). The van der Waals surface area contributed by atoms with Crippen molar-refractivity contribution < 1.29 is 23.5 Å². The van der Waals surface area contributed by atoms with Crippen LogP contribution in [0.15, 0.2) is 0 Å². The summed E-state index contributed by atoms with van der Waals surface area (Å²) in [6.07, 6.45) is 3.08. The van der Waals surface area contributed by atoms with Crippen LogP contribution in [0.3, 0.4) is 0 Å². The minimum absolute atomic E-state index is 0.183. The maximum Gasteiger partial charge on any atom is 0.309 e. The van der Waals surface area contributed by atoms with Gasteiger partial charge in [-0.2, -0.15) is 0 Å². The highest BCUT2D eigenvalue weighted by atomic mass is 19.3. The molecule has 1 amide bonds. The maximum absolute atomic E-state index is 12.8. The number of nitrogens with zero attached hydrogens (tertiary/aromatic N) is 1. The van der Waals surface area contributed by atoms with Crippen molar-refractivity contribution in [1.29, 1.82) is 0 Å². The third kappa shape index (κ3) is 1.75. The molecule has 6 heteroatoms. The molecule has 4 aliphatic rings. The Morgan fingerprint density at radius 1 is 0.895 bits per heavy atom. The van der Waals surface area contributed by atoms with E-state index in [0.717, 1.165) is 0 Å². The summed E-state index contributed by atoms with van der Waals surface area (Å²) in [7, 11) is 0. The molecule has 3 aliphatic carbocycles. The van der Waals surface area contributed by atoms with Gasteiger partial charge in [0.15, 0.2) is 0 Å². The molecule has 0 aromatic heterocycles. The lowest BCUT2D eigenvalue weighted by Gasteiger charge is -2.53. The van der Waals surface area contributed by atoms with Crippen molar-refractivity contribution in [2.45, 2.75) is 44.4 Å². The predicted octanol–water partition coefficient (Wildman–Crippen LogP) is 1.89. The molecule has 0 atom stereocenters. The molecule has 3 saturated carbocycles. The molecule has 0 aromatic rings. The number of amides is 1. The summed E-state index contributed by atoms with van der Waals surface area (Å²) >= 11 is 0. The van der Waals surface area contributed by atoms with Crippen LogP contribution >= 0.6 is 0 Å². The first-order valence-electron chi connectivity index (χ1n) is 6.69. The Bertz CT molecular complexity index is 417. The predicted molar refractivity (Wildman–Crippen MR) is 61.7 cm³/mol. The van der Waals surface area contributed by atoms with Gasteiger partial charge in [-0.15, -0.1) is 0 Å². The van der Waals surface area contributed by atoms with E-state index in [2.05, 4.69) is 0 Å². The second-order valence-electron chi connectivity index (χ2n) is 6.38. The SMILES string of the molecule is O=C(O)C12CCC(C(=O)N3CC(F)(F)C3)(CC1)CC2. The molecule has 19 heavy (non-hydrogen) atoms. The van der Waals surface area contributed by atoms with Crippen LogP contribution in [0.25, 0.3) is 0 Å². The monoisotopic (exact) mass is 273 g/mol. The molecule has 4 nitrogen and oxygen atoms in total. The van der Waals surface area contributed by atoms with Crippen LogP contribution in [0.4, 0.5) is 8.78 Å². The minimum atomic E-state index is -2.74. The summed E-state index contributed by atoms with van der Waals surface area (Å²) in [6.45, 7) is -0.949. The Balaban J connectivity index is 1.71. The molecule has 4 fully saturated rings. The lowest BCUT2D eigenvalue weighted by atomic mass is 9.53. The number of carboxylic acids is 1. The number of alkyl halides is 2. The molecule has 2 bridgehead atoms. The van der Waals surface area contributed by atoms with E-state index in [9.17, 15) is 23.5 Å². The maximum atomic E-state index is 12.8. The zero-order valence-electron chi connectivity index (χ0n) is 10.6. The number of carboxylic acid groups (broad SMARTS) is 1. The first kappa shape index (κ1) is 12.8. The van der Waals surface area contributed by atoms with Crippen molar-refractivity contribution in [3.63, 3.8) is 0 Å². The van der Waals surface area contributed by atoms with Crippen molar-refractivity contribution in [3.05, 3.63) is 0 Å². The smallest absolute Gasteiger partial charge is 0.309 e. The van der Waals surface area contributed by atoms with Crippen LogP contribution in [-0.2, 0) is 9.59 Å². The van der Waals surface area contributed by atoms with Gasteiger partial charge in [-0.05, 0) is 38.5 Å².